The molecule has 4 unspecified atom stereocenters. The number of benzene rings is 4. The summed E-state index contributed by atoms with van der Waals surface area (Å²) in [4.78, 5) is 105. The van der Waals surface area contributed by atoms with E-state index in [1.807, 2.05) is 24.3 Å². The highest BCUT2D eigenvalue weighted by Gasteiger charge is 2.43. The van der Waals surface area contributed by atoms with Gasteiger partial charge in [-0.25, -0.2) is 9.97 Å². The molecule has 0 radical (unpaired) electrons. The summed E-state index contributed by atoms with van der Waals surface area (Å²) in [5, 5.41) is 13.5. The van der Waals surface area contributed by atoms with E-state index in [-0.39, 0.29) is 31.8 Å². The smallest absolute Gasteiger partial charge is 0.253 e. The number of nitrogens with two attached hydrogens (primary N) is 1. The average molecular weight is 808 g/mol. The average Bonchev–Trinajstić information content (AvgIpc) is 3.87. The van der Waals surface area contributed by atoms with E-state index < -0.39 is 72.7 Å². The Labute approximate surface area is 342 Å². The van der Waals surface area contributed by atoms with Crippen LogP contribution in [-0.4, -0.2) is 111 Å². The third-order valence-electron chi connectivity index (χ3n) is 11.1. The van der Waals surface area contributed by atoms with Crippen LogP contribution in [0.5, 0.6) is 0 Å². The number of likely N-dealkylation sites (tertiary alicyclic amines) is 2. The number of fused-ring (bicyclic) bond motifs is 4. The van der Waals surface area contributed by atoms with E-state index in [1.54, 1.807) is 72.8 Å². The minimum Gasteiger partial charge on any atom is -0.368 e. The third-order valence-corrected chi connectivity index (χ3v) is 11.1. The van der Waals surface area contributed by atoms with Gasteiger partial charge in [0.25, 0.3) is 11.8 Å². The van der Waals surface area contributed by atoms with E-state index in [0.29, 0.717) is 54.7 Å². The minimum absolute atomic E-state index is 0.0000828. The second-order valence-electron chi connectivity index (χ2n) is 15.0. The molecule has 7 amide bonds. The van der Waals surface area contributed by atoms with Crippen LogP contribution in [0, 0.1) is 0 Å². The number of aromatic nitrogens is 2. The van der Waals surface area contributed by atoms with E-state index in [9.17, 15) is 33.6 Å². The molecule has 16 nitrogen and oxygen atoms in total. The molecule has 6 N–H and O–H groups in total. The number of nitrogens with one attached hydrogen (secondary N) is 4. The Hall–Kier alpha value is -7.49. The van der Waals surface area contributed by atoms with Crippen molar-refractivity contribution in [3.8, 4) is 0 Å². The van der Waals surface area contributed by atoms with Crippen molar-refractivity contribution in [2.45, 2.75) is 43.9 Å². The van der Waals surface area contributed by atoms with Crippen LogP contribution >= 0.6 is 0 Å². The molecule has 0 bridgehead atoms. The molecule has 8 rings (SSSR count). The molecule has 6 aromatic rings. The predicted molar refractivity (Wildman–Crippen MR) is 222 cm³/mol. The molecule has 0 saturated carbocycles. The van der Waals surface area contributed by atoms with Gasteiger partial charge in [0, 0.05) is 53.6 Å². The van der Waals surface area contributed by atoms with Crippen LogP contribution in [0.15, 0.2) is 97.1 Å². The van der Waals surface area contributed by atoms with E-state index in [0.717, 1.165) is 0 Å². The first-order valence-corrected chi connectivity index (χ1v) is 19.5. The molecular weight excluding hydrogens is 767 g/mol. The molecular formula is C44H41N9O7. The number of primary amides is 1. The van der Waals surface area contributed by atoms with Crippen molar-refractivity contribution in [1.82, 2.24) is 41.0 Å². The summed E-state index contributed by atoms with van der Waals surface area (Å²) in [6.45, 7) is 0.366. The van der Waals surface area contributed by atoms with Crippen LogP contribution in [0.3, 0.4) is 0 Å². The molecule has 2 aromatic heterocycles. The quantitative estimate of drug-likeness (QED) is 0.127. The van der Waals surface area contributed by atoms with Crippen molar-refractivity contribution in [1.29, 1.82) is 0 Å². The van der Waals surface area contributed by atoms with Gasteiger partial charge in [0.1, 0.15) is 12.1 Å². The van der Waals surface area contributed by atoms with Gasteiger partial charge in [0.15, 0.2) is 0 Å². The predicted octanol–water partition coefficient (Wildman–Crippen LogP) is 1.93. The minimum atomic E-state index is -1.08. The molecule has 4 aromatic carbocycles. The van der Waals surface area contributed by atoms with Gasteiger partial charge in [-0.15, -0.1) is 0 Å². The van der Waals surface area contributed by atoms with Crippen LogP contribution in [0.25, 0.3) is 43.6 Å². The number of amides is 7. The van der Waals surface area contributed by atoms with Crippen molar-refractivity contribution in [3.05, 3.63) is 108 Å². The number of pyridine rings is 2. The lowest BCUT2D eigenvalue weighted by Crippen LogP contribution is -2.51. The normalized spacial score (nSPS) is 18.8. The van der Waals surface area contributed by atoms with Gasteiger partial charge in [0.05, 0.1) is 46.3 Å². The number of carbonyl (C=O) groups is 7. The first-order chi connectivity index (χ1) is 29.0. The van der Waals surface area contributed by atoms with E-state index in [1.165, 1.54) is 16.7 Å². The van der Waals surface area contributed by atoms with Gasteiger partial charge in [0.2, 0.25) is 29.5 Å². The zero-order valence-electron chi connectivity index (χ0n) is 32.5. The second-order valence-corrected chi connectivity index (χ2v) is 15.0. The molecule has 2 saturated heterocycles. The second kappa shape index (κ2) is 16.4. The van der Waals surface area contributed by atoms with Crippen LogP contribution in [0.1, 0.15) is 40.5 Å². The Morgan fingerprint density at radius 2 is 0.933 bits per heavy atom. The van der Waals surface area contributed by atoms with Gasteiger partial charge in [-0.3, -0.25) is 33.6 Å². The summed E-state index contributed by atoms with van der Waals surface area (Å²) in [5.74, 6) is -3.83. The highest BCUT2D eigenvalue weighted by Crippen LogP contribution is 2.28. The fourth-order valence-electron chi connectivity index (χ4n) is 8.40. The molecule has 60 heavy (non-hydrogen) atoms. The fraction of sp³-hybridized carbons (Fsp3) is 0.250. The van der Waals surface area contributed by atoms with E-state index >= 15 is 0 Å². The third kappa shape index (κ3) is 7.74. The van der Waals surface area contributed by atoms with Crippen molar-refractivity contribution >= 4 is 85.0 Å². The van der Waals surface area contributed by atoms with Gasteiger partial charge in [-0.2, -0.15) is 0 Å². The molecule has 4 heterocycles. The SMILES string of the molecule is CC(=O)NC1CC(C(=O)NC2CC(C(N)=O)N(C(=O)CNC(=O)c3c4ccccc4nc4ccccc34)C2)N(C(=O)CNC(=O)c2c3ccccc3nc3ccccc23)C1. The summed E-state index contributed by atoms with van der Waals surface area (Å²) in [6.07, 6.45) is 0.0871. The van der Waals surface area contributed by atoms with E-state index in [4.69, 9.17) is 5.73 Å². The molecule has 2 fully saturated rings. The molecule has 0 spiro atoms. The Kier molecular flexibility index (Phi) is 10.8. The van der Waals surface area contributed by atoms with Crippen LogP contribution in [0.2, 0.25) is 0 Å². The zero-order valence-corrected chi connectivity index (χ0v) is 32.5. The maximum atomic E-state index is 13.9. The number of hydrogen-bond donors (Lipinski definition) is 5. The maximum absolute atomic E-state index is 13.9. The summed E-state index contributed by atoms with van der Waals surface area (Å²) in [5.41, 5.74) is 8.90. The Bertz CT molecular complexity index is 2650. The number of para-hydroxylation sites is 4. The van der Waals surface area contributed by atoms with Gasteiger partial charge in [-0.05, 0) is 37.1 Å². The van der Waals surface area contributed by atoms with Crippen molar-refractivity contribution in [2.24, 2.45) is 5.73 Å². The molecule has 16 heteroatoms. The largest absolute Gasteiger partial charge is 0.368 e. The molecule has 304 valence electrons. The van der Waals surface area contributed by atoms with Gasteiger partial charge in [-0.1, -0.05) is 72.8 Å². The lowest BCUT2D eigenvalue weighted by Gasteiger charge is -2.25. The lowest BCUT2D eigenvalue weighted by molar-refractivity contribution is -0.138. The van der Waals surface area contributed by atoms with Crippen LogP contribution in [-0.2, 0) is 24.0 Å². The van der Waals surface area contributed by atoms with Crippen molar-refractivity contribution < 1.29 is 33.6 Å². The first kappa shape index (κ1) is 39.3. The van der Waals surface area contributed by atoms with Crippen molar-refractivity contribution in [3.63, 3.8) is 0 Å². The summed E-state index contributed by atoms with van der Waals surface area (Å²) in [7, 11) is 0. The Morgan fingerprint density at radius 3 is 1.33 bits per heavy atom. The Balaban J connectivity index is 0.941. The highest BCUT2D eigenvalue weighted by molar-refractivity contribution is 6.17. The topological polar surface area (TPSA) is 226 Å². The molecule has 4 atom stereocenters. The van der Waals surface area contributed by atoms with E-state index in [2.05, 4.69) is 31.2 Å². The van der Waals surface area contributed by atoms with Crippen LogP contribution in [0.4, 0.5) is 0 Å². The summed E-state index contributed by atoms with van der Waals surface area (Å²) in [6, 6.07) is 25.4. The summed E-state index contributed by atoms with van der Waals surface area (Å²) < 4.78 is 0. The Morgan fingerprint density at radius 1 is 0.567 bits per heavy atom. The fourth-order valence-corrected chi connectivity index (χ4v) is 8.40. The van der Waals surface area contributed by atoms with Gasteiger partial charge >= 0.3 is 0 Å². The standard InChI is InChI=1S/C44H41N9O7/c1-24(54)48-25-19-36(53(22-25)38(56)21-47-44(60)40-29-12-4-8-16-33(29)51-34-17-9-5-13-30(34)40)42(58)49-26-18-35(41(45)57)52(23-26)37(55)20-46-43(59)39-27-10-2-6-14-31(27)50-32-15-7-3-11-28(32)39/h2-17,25-26,35-36H,18-23H2,1H3,(H2,45,57)(H,46,59)(H,47,60)(H,48,54)(H,49,58). The molecule has 2 aliphatic heterocycles. The van der Waals surface area contributed by atoms with Crippen molar-refractivity contribution in [2.75, 3.05) is 26.2 Å². The summed E-state index contributed by atoms with van der Waals surface area (Å²) >= 11 is 0. The highest BCUT2D eigenvalue weighted by atomic mass is 16.2. The number of hydrogen-bond acceptors (Lipinski definition) is 9. The molecule has 2 aliphatic rings. The van der Waals surface area contributed by atoms with Crippen LogP contribution < -0.4 is 27.0 Å². The maximum Gasteiger partial charge on any atom is 0.253 e. The van der Waals surface area contributed by atoms with Gasteiger partial charge < -0.3 is 36.8 Å². The lowest BCUT2D eigenvalue weighted by atomic mass is 10.0. The number of nitrogens with zero attached hydrogens (tertiary/aromatic N) is 4. The zero-order chi connectivity index (χ0) is 42.1. The first-order valence-electron chi connectivity index (χ1n) is 19.5. The molecule has 0 aliphatic carbocycles. The number of carbonyl (C=O) groups excluding carboxylic acids is 7. The number of rotatable bonds is 10. The monoisotopic (exact) mass is 807 g/mol.